The number of fused-ring (bicyclic) bond motifs is 1. The van der Waals surface area contributed by atoms with Gasteiger partial charge in [-0.05, 0) is 36.6 Å². The molecule has 0 atom stereocenters. The van der Waals surface area contributed by atoms with Gasteiger partial charge in [-0.1, -0.05) is 0 Å². The Morgan fingerprint density at radius 2 is 2.21 bits per heavy atom. The Morgan fingerprint density at radius 1 is 1.32 bits per heavy atom. The third kappa shape index (κ3) is 1.97. The van der Waals surface area contributed by atoms with Crippen molar-refractivity contribution in [3.05, 3.63) is 29.8 Å². The van der Waals surface area contributed by atoms with Crippen molar-refractivity contribution < 1.29 is 4.74 Å². The Bertz CT molecular complexity index is 628. The molecule has 0 spiro atoms. The highest BCUT2D eigenvalue weighted by molar-refractivity contribution is 5.66. The van der Waals surface area contributed by atoms with E-state index in [1.54, 1.807) is 0 Å². The zero-order chi connectivity index (χ0) is 12.8. The number of rotatable bonds is 3. The van der Waals surface area contributed by atoms with Crippen LogP contribution < -0.4 is 10.1 Å². The van der Waals surface area contributed by atoms with Crippen molar-refractivity contribution in [2.24, 2.45) is 7.05 Å². The predicted molar refractivity (Wildman–Crippen MR) is 74.5 cm³/mol. The molecule has 0 amide bonds. The smallest absolute Gasteiger partial charge is 0.148 e. The fraction of sp³-hybridized carbons (Fsp3) is 0.400. The molecule has 1 N–H and O–H groups in total. The van der Waals surface area contributed by atoms with Crippen molar-refractivity contribution in [3.8, 4) is 17.0 Å². The molecule has 0 saturated heterocycles. The highest BCUT2D eigenvalue weighted by Gasteiger charge is 2.22. The molecule has 1 saturated carbocycles. The number of aromatic nitrogens is 2. The van der Waals surface area contributed by atoms with Gasteiger partial charge in [0.15, 0.2) is 0 Å². The molecule has 2 aromatic rings. The summed E-state index contributed by atoms with van der Waals surface area (Å²) in [6.45, 7) is 0.804. The SMILES string of the molecule is Cn1nc(NC2CC2)cc1-c1ccc2c(c1)CCO2. The van der Waals surface area contributed by atoms with Crippen LogP contribution in [-0.4, -0.2) is 22.4 Å². The van der Waals surface area contributed by atoms with Crippen LogP contribution in [0.4, 0.5) is 5.82 Å². The van der Waals surface area contributed by atoms with Gasteiger partial charge in [-0.3, -0.25) is 4.68 Å². The maximum Gasteiger partial charge on any atom is 0.148 e. The standard InChI is InChI=1S/C15H17N3O/c1-18-13(9-15(17-18)16-12-3-4-12)10-2-5-14-11(8-10)6-7-19-14/h2,5,8-9,12H,3-4,6-7H2,1H3,(H,16,17). The molecule has 2 aliphatic rings. The first-order valence-electron chi connectivity index (χ1n) is 6.86. The minimum atomic E-state index is 0.635. The summed E-state index contributed by atoms with van der Waals surface area (Å²) in [5.41, 5.74) is 3.66. The van der Waals surface area contributed by atoms with Crippen LogP contribution in [0.3, 0.4) is 0 Å². The maximum absolute atomic E-state index is 5.55. The van der Waals surface area contributed by atoms with Gasteiger partial charge in [0.1, 0.15) is 11.6 Å². The second-order valence-corrected chi connectivity index (χ2v) is 5.38. The van der Waals surface area contributed by atoms with E-state index in [9.17, 15) is 0 Å². The molecule has 2 heterocycles. The Balaban J connectivity index is 1.68. The summed E-state index contributed by atoms with van der Waals surface area (Å²) in [6.07, 6.45) is 3.54. The van der Waals surface area contributed by atoms with Crippen LogP contribution in [0, 0.1) is 0 Å². The molecule has 19 heavy (non-hydrogen) atoms. The Hall–Kier alpha value is -1.97. The number of anilines is 1. The largest absolute Gasteiger partial charge is 0.493 e. The van der Waals surface area contributed by atoms with Crippen molar-refractivity contribution in [1.82, 2.24) is 9.78 Å². The molecule has 4 nitrogen and oxygen atoms in total. The highest BCUT2D eigenvalue weighted by atomic mass is 16.5. The van der Waals surface area contributed by atoms with Gasteiger partial charge in [0.25, 0.3) is 0 Å². The van der Waals surface area contributed by atoms with E-state index >= 15 is 0 Å². The Kier molecular flexibility index (Phi) is 2.31. The average molecular weight is 255 g/mol. The molecule has 1 aliphatic heterocycles. The van der Waals surface area contributed by atoms with Gasteiger partial charge < -0.3 is 10.1 Å². The molecule has 4 heteroatoms. The lowest BCUT2D eigenvalue weighted by atomic mass is 10.1. The predicted octanol–water partition coefficient (Wildman–Crippen LogP) is 2.60. The van der Waals surface area contributed by atoms with Crippen LogP contribution in [0.1, 0.15) is 18.4 Å². The summed E-state index contributed by atoms with van der Waals surface area (Å²) in [4.78, 5) is 0. The number of nitrogens with one attached hydrogen (secondary N) is 1. The number of benzene rings is 1. The van der Waals surface area contributed by atoms with Crippen molar-refractivity contribution in [2.75, 3.05) is 11.9 Å². The van der Waals surface area contributed by atoms with Crippen LogP contribution in [0.25, 0.3) is 11.3 Å². The highest BCUT2D eigenvalue weighted by Crippen LogP contribution is 2.32. The third-order valence-corrected chi connectivity index (χ3v) is 3.79. The Labute approximate surface area is 112 Å². The zero-order valence-electron chi connectivity index (χ0n) is 11.0. The van der Waals surface area contributed by atoms with Gasteiger partial charge >= 0.3 is 0 Å². The van der Waals surface area contributed by atoms with Crippen molar-refractivity contribution in [1.29, 1.82) is 0 Å². The number of ether oxygens (including phenoxy) is 1. The second kappa shape index (κ2) is 4.02. The minimum absolute atomic E-state index is 0.635. The number of hydrogen-bond donors (Lipinski definition) is 1. The summed E-state index contributed by atoms with van der Waals surface area (Å²) in [5, 5.41) is 7.98. The number of nitrogens with zero attached hydrogens (tertiary/aromatic N) is 2. The van der Waals surface area contributed by atoms with Gasteiger partial charge in [-0.15, -0.1) is 0 Å². The van der Waals surface area contributed by atoms with Gasteiger partial charge in [0.2, 0.25) is 0 Å². The van der Waals surface area contributed by atoms with E-state index in [4.69, 9.17) is 4.74 Å². The summed E-state index contributed by atoms with van der Waals surface area (Å²) in [7, 11) is 2.00. The van der Waals surface area contributed by atoms with Gasteiger partial charge in [0.05, 0.1) is 12.3 Å². The molecule has 1 aromatic heterocycles. The normalized spacial score (nSPS) is 17.1. The lowest BCUT2D eigenvalue weighted by Crippen LogP contribution is -2.01. The molecule has 1 fully saturated rings. The molecule has 0 unspecified atom stereocenters. The van der Waals surface area contributed by atoms with Crippen LogP contribution in [0.15, 0.2) is 24.3 Å². The molecule has 4 rings (SSSR count). The molecule has 0 bridgehead atoms. The monoisotopic (exact) mass is 255 g/mol. The minimum Gasteiger partial charge on any atom is -0.493 e. The number of aryl methyl sites for hydroxylation is 1. The topological polar surface area (TPSA) is 39.1 Å². The van der Waals surface area contributed by atoms with Gasteiger partial charge in [0, 0.05) is 31.1 Å². The van der Waals surface area contributed by atoms with E-state index in [2.05, 4.69) is 34.7 Å². The lowest BCUT2D eigenvalue weighted by Gasteiger charge is -2.04. The summed E-state index contributed by atoms with van der Waals surface area (Å²) >= 11 is 0. The fourth-order valence-electron chi connectivity index (χ4n) is 2.59. The summed E-state index contributed by atoms with van der Waals surface area (Å²) in [5.74, 6) is 2.01. The number of hydrogen-bond acceptors (Lipinski definition) is 3. The average Bonchev–Trinajstić information content (AvgIpc) is 2.96. The first-order valence-corrected chi connectivity index (χ1v) is 6.86. The van der Waals surface area contributed by atoms with E-state index in [1.807, 2.05) is 11.7 Å². The first-order chi connectivity index (χ1) is 9.29. The summed E-state index contributed by atoms with van der Waals surface area (Å²) in [6, 6.07) is 9.17. The summed E-state index contributed by atoms with van der Waals surface area (Å²) < 4.78 is 7.50. The van der Waals surface area contributed by atoms with E-state index in [0.29, 0.717) is 6.04 Å². The van der Waals surface area contributed by atoms with Crippen molar-refractivity contribution >= 4 is 5.82 Å². The molecular formula is C15H17N3O. The van der Waals surface area contributed by atoms with E-state index < -0.39 is 0 Å². The van der Waals surface area contributed by atoms with E-state index in [0.717, 1.165) is 30.3 Å². The second-order valence-electron chi connectivity index (χ2n) is 5.38. The quantitative estimate of drug-likeness (QED) is 0.916. The third-order valence-electron chi connectivity index (χ3n) is 3.79. The maximum atomic E-state index is 5.55. The van der Waals surface area contributed by atoms with E-state index in [-0.39, 0.29) is 0 Å². The van der Waals surface area contributed by atoms with Gasteiger partial charge in [-0.2, -0.15) is 5.10 Å². The van der Waals surface area contributed by atoms with Gasteiger partial charge in [-0.25, -0.2) is 0 Å². The van der Waals surface area contributed by atoms with Crippen LogP contribution >= 0.6 is 0 Å². The van der Waals surface area contributed by atoms with Crippen molar-refractivity contribution in [3.63, 3.8) is 0 Å². The zero-order valence-corrected chi connectivity index (χ0v) is 11.0. The molecule has 1 aromatic carbocycles. The van der Waals surface area contributed by atoms with Crippen LogP contribution in [0.5, 0.6) is 5.75 Å². The molecular weight excluding hydrogens is 238 g/mol. The molecule has 0 radical (unpaired) electrons. The van der Waals surface area contributed by atoms with Crippen LogP contribution in [0.2, 0.25) is 0 Å². The molecule has 98 valence electrons. The fourth-order valence-corrected chi connectivity index (χ4v) is 2.59. The van der Waals surface area contributed by atoms with Crippen molar-refractivity contribution in [2.45, 2.75) is 25.3 Å². The Morgan fingerprint density at radius 3 is 3.05 bits per heavy atom. The first kappa shape index (κ1) is 10.9. The lowest BCUT2D eigenvalue weighted by molar-refractivity contribution is 0.357. The van der Waals surface area contributed by atoms with E-state index in [1.165, 1.54) is 24.0 Å². The molecule has 1 aliphatic carbocycles. The van der Waals surface area contributed by atoms with Crippen LogP contribution in [-0.2, 0) is 13.5 Å².